The topological polar surface area (TPSA) is 69.2 Å². The highest BCUT2D eigenvalue weighted by molar-refractivity contribution is 7.98. The third-order valence-electron chi connectivity index (χ3n) is 2.43. The zero-order valence-electron chi connectivity index (χ0n) is 9.58. The molecule has 2 rings (SSSR count). The summed E-state index contributed by atoms with van der Waals surface area (Å²) in [6, 6.07) is 14.3. The Morgan fingerprint density at radius 1 is 1.06 bits per heavy atom. The molecule has 0 aromatic heterocycles. The molecule has 0 fully saturated rings. The van der Waals surface area contributed by atoms with Crippen molar-refractivity contribution in [2.24, 2.45) is 0 Å². The number of nitrogen functional groups attached to an aromatic ring is 1. The van der Waals surface area contributed by atoms with Crippen LogP contribution in [0.5, 0.6) is 0 Å². The number of thioether (sulfide) groups is 1. The Bertz CT molecular complexity index is 538. The normalized spacial score (nSPS) is 10.2. The maximum absolute atomic E-state index is 10.5. The first-order valence-electron chi connectivity index (χ1n) is 5.37. The highest BCUT2D eigenvalue weighted by Gasteiger charge is 2.04. The van der Waals surface area contributed by atoms with Gasteiger partial charge in [-0.2, -0.15) is 0 Å². The molecule has 2 aromatic rings. The van der Waals surface area contributed by atoms with Gasteiger partial charge in [-0.3, -0.25) is 10.1 Å². The van der Waals surface area contributed by atoms with E-state index in [0.29, 0.717) is 0 Å². The molecule has 2 aromatic carbocycles. The van der Waals surface area contributed by atoms with Crippen LogP contribution in [-0.2, 0) is 5.75 Å². The third-order valence-corrected chi connectivity index (χ3v) is 3.52. The van der Waals surface area contributed by atoms with Crippen molar-refractivity contribution in [2.75, 3.05) is 5.73 Å². The van der Waals surface area contributed by atoms with Gasteiger partial charge in [0.2, 0.25) is 0 Å². The largest absolute Gasteiger partial charge is 0.399 e. The number of nitrogens with two attached hydrogens (primary N) is 1. The summed E-state index contributed by atoms with van der Waals surface area (Å²) in [7, 11) is 0. The molecule has 0 aliphatic heterocycles. The van der Waals surface area contributed by atoms with Crippen LogP contribution in [0.25, 0.3) is 0 Å². The molecule has 0 saturated carbocycles. The van der Waals surface area contributed by atoms with Crippen molar-refractivity contribution in [1.82, 2.24) is 0 Å². The summed E-state index contributed by atoms with van der Waals surface area (Å²) < 4.78 is 0. The van der Waals surface area contributed by atoms with Gasteiger partial charge in [0.1, 0.15) is 0 Å². The van der Waals surface area contributed by atoms with Gasteiger partial charge < -0.3 is 5.73 Å². The van der Waals surface area contributed by atoms with Crippen molar-refractivity contribution >= 4 is 23.1 Å². The van der Waals surface area contributed by atoms with Crippen molar-refractivity contribution in [2.45, 2.75) is 10.6 Å². The van der Waals surface area contributed by atoms with E-state index in [4.69, 9.17) is 5.73 Å². The first-order valence-corrected chi connectivity index (χ1v) is 6.35. The van der Waals surface area contributed by atoms with E-state index in [1.165, 1.54) is 12.1 Å². The second-order valence-electron chi connectivity index (χ2n) is 3.78. The number of nitrogens with zero attached hydrogens (tertiary/aromatic N) is 1. The molecule has 0 saturated heterocycles. The number of non-ortho nitro benzene ring substituents is 1. The molecule has 0 radical (unpaired) electrons. The Hall–Kier alpha value is -2.01. The van der Waals surface area contributed by atoms with E-state index in [-0.39, 0.29) is 5.69 Å². The maximum atomic E-state index is 10.5. The minimum Gasteiger partial charge on any atom is -0.399 e. The summed E-state index contributed by atoms with van der Waals surface area (Å²) in [6.07, 6.45) is 0. The fourth-order valence-electron chi connectivity index (χ4n) is 1.44. The quantitative estimate of drug-likeness (QED) is 0.395. The standard InChI is InChI=1S/C13H12N2O2S/c14-11-3-7-13(8-4-11)18-9-10-1-5-12(6-2-10)15(16)17/h1-8H,9,14H2. The molecule has 0 heterocycles. The summed E-state index contributed by atoms with van der Waals surface area (Å²) in [5, 5.41) is 10.5. The second kappa shape index (κ2) is 5.55. The van der Waals surface area contributed by atoms with E-state index in [1.54, 1.807) is 23.9 Å². The van der Waals surface area contributed by atoms with Crippen molar-refractivity contribution < 1.29 is 4.92 Å². The molecule has 0 unspecified atom stereocenters. The number of hydrogen-bond donors (Lipinski definition) is 1. The Morgan fingerprint density at radius 3 is 2.22 bits per heavy atom. The number of benzene rings is 2. The third kappa shape index (κ3) is 3.24. The average molecular weight is 260 g/mol. The van der Waals surface area contributed by atoms with Crippen molar-refractivity contribution in [3.8, 4) is 0 Å². The molecule has 0 amide bonds. The van der Waals surface area contributed by atoms with Crippen LogP contribution in [0, 0.1) is 10.1 Å². The minimum absolute atomic E-state index is 0.122. The first-order chi connectivity index (χ1) is 8.65. The highest BCUT2D eigenvalue weighted by atomic mass is 32.2. The lowest BCUT2D eigenvalue weighted by molar-refractivity contribution is -0.384. The van der Waals surface area contributed by atoms with Gasteiger partial charge in [0.25, 0.3) is 5.69 Å². The summed E-state index contributed by atoms with van der Waals surface area (Å²) in [5.41, 5.74) is 7.53. The van der Waals surface area contributed by atoms with Crippen LogP contribution in [0.1, 0.15) is 5.56 Å². The molecule has 0 bridgehead atoms. The van der Waals surface area contributed by atoms with E-state index in [0.717, 1.165) is 21.9 Å². The van der Waals surface area contributed by atoms with E-state index < -0.39 is 4.92 Å². The van der Waals surface area contributed by atoms with Crippen molar-refractivity contribution in [1.29, 1.82) is 0 Å². The van der Waals surface area contributed by atoms with Crippen LogP contribution in [-0.4, -0.2) is 4.92 Å². The van der Waals surface area contributed by atoms with Gasteiger partial charge in [0, 0.05) is 28.5 Å². The lowest BCUT2D eigenvalue weighted by Gasteiger charge is -2.02. The number of rotatable bonds is 4. The van der Waals surface area contributed by atoms with Gasteiger partial charge in [-0.15, -0.1) is 11.8 Å². The molecule has 92 valence electrons. The smallest absolute Gasteiger partial charge is 0.269 e. The van der Waals surface area contributed by atoms with Crippen LogP contribution in [0.15, 0.2) is 53.4 Å². The molecular formula is C13H12N2O2S. The fraction of sp³-hybridized carbons (Fsp3) is 0.0769. The summed E-state index contributed by atoms with van der Waals surface area (Å²) in [6.45, 7) is 0. The summed E-state index contributed by atoms with van der Waals surface area (Å²) in [4.78, 5) is 11.2. The zero-order chi connectivity index (χ0) is 13.0. The van der Waals surface area contributed by atoms with Gasteiger partial charge in [-0.25, -0.2) is 0 Å². The molecule has 5 heteroatoms. The molecule has 0 spiro atoms. The molecule has 18 heavy (non-hydrogen) atoms. The maximum Gasteiger partial charge on any atom is 0.269 e. The van der Waals surface area contributed by atoms with Gasteiger partial charge >= 0.3 is 0 Å². The number of nitro groups is 1. The van der Waals surface area contributed by atoms with Crippen molar-refractivity contribution in [3.05, 3.63) is 64.2 Å². The first kappa shape index (κ1) is 12.4. The number of anilines is 1. The second-order valence-corrected chi connectivity index (χ2v) is 4.83. The van der Waals surface area contributed by atoms with Crippen LogP contribution >= 0.6 is 11.8 Å². The number of nitro benzene ring substituents is 1. The Morgan fingerprint density at radius 2 is 1.67 bits per heavy atom. The molecule has 2 N–H and O–H groups in total. The Kier molecular flexibility index (Phi) is 3.84. The van der Waals surface area contributed by atoms with Crippen LogP contribution in [0.3, 0.4) is 0 Å². The lowest BCUT2D eigenvalue weighted by Crippen LogP contribution is -1.88. The molecule has 0 atom stereocenters. The Labute approximate surface area is 109 Å². The lowest BCUT2D eigenvalue weighted by atomic mass is 10.2. The predicted octanol–water partition coefficient (Wildman–Crippen LogP) is 3.47. The van der Waals surface area contributed by atoms with E-state index >= 15 is 0 Å². The predicted molar refractivity (Wildman–Crippen MR) is 73.5 cm³/mol. The van der Waals surface area contributed by atoms with Crippen LogP contribution in [0.4, 0.5) is 11.4 Å². The van der Waals surface area contributed by atoms with E-state index in [9.17, 15) is 10.1 Å². The van der Waals surface area contributed by atoms with Gasteiger partial charge in [0.05, 0.1) is 4.92 Å². The van der Waals surface area contributed by atoms with Crippen LogP contribution < -0.4 is 5.73 Å². The Balaban J connectivity index is 1.97. The van der Waals surface area contributed by atoms with E-state index in [2.05, 4.69) is 0 Å². The molecule has 0 aliphatic carbocycles. The summed E-state index contributed by atoms with van der Waals surface area (Å²) in [5.74, 6) is 0.780. The fourth-order valence-corrected chi connectivity index (χ4v) is 2.30. The molecular weight excluding hydrogens is 248 g/mol. The summed E-state index contributed by atoms with van der Waals surface area (Å²) >= 11 is 1.67. The van der Waals surface area contributed by atoms with Gasteiger partial charge in [0.15, 0.2) is 0 Å². The number of hydrogen-bond acceptors (Lipinski definition) is 4. The molecule has 0 aliphatic rings. The highest BCUT2D eigenvalue weighted by Crippen LogP contribution is 2.24. The zero-order valence-corrected chi connectivity index (χ0v) is 10.4. The average Bonchev–Trinajstić information content (AvgIpc) is 2.38. The van der Waals surface area contributed by atoms with Gasteiger partial charge in [-0.05, 0) is 29.8 Å². The van der Waals surface area contributed by atoms with Crippen LogP contribution in [0.2, 0.25) is 0 Å². The minimum atomic E-state index is -0.392. The SMILES string of the molecule is Nc1ccc(SCc2ccc([N+](=O)[O-])cc2)cc1. The van der Waals surface area contributed by atoms with Crippen molar-refractivity contribution in [3.63, 3.8) is 0 Å². The monoisotopic (exact) mass is 260 g/mol. The molecule has 4 nitrogen and oxygen atoms in total. The van der Waals surface area contributed by atoms with Gasteiger partial charge in [-0.1, -0.05) is 12.1 Å². The van der Waals surface area contributed by atoms with E-state index in [1.807, 2.05) is 24.3 Å².